The van der Waals surface area contributed by atoms with Gasteiger partial charge in [-0.2, -0.15) is 5.10 Å². The van der Waals surface area contributed by atoms with Crippen molar-refractivity contribution in [2.75, 3.05) is 11.9 Å². The molecule has 2 aromatic rings. The second-order valence-corrected chi connectivity index (χ2v) is 5.74. The predicted octanol–water partition coefficient (Wildman–Crippen LogP) is 2.46. The van der Waals surface area contributed by atoms with Crippen molar-refractivity contribution in [3.05, 3.63) is 41.7 Å². The van der Waals surface area contributed by atoms with Crippen LogP contribution in [-0.2, 0) is 4.79 Å². The smallest absolute Gasteiger partial charge is 0.241 e. The average Bonchev–Trinajstić information content (AvgIpc) is 3.10. The van der Waals surface area contributed by atoms with Crippen molar-refractivity contribution in [3.8, 4) is 5.69 Å². The van der Waals surface area contributed by atoms with Crippen molar-refractivity contribution in [1.82, 2.24) is 15.1 Å². The van der Waals surface area contributed by atoms with Gasteiger partial charge in [-0.05, 0) is 43.1 Å². The van der Waals surface area contributed by atoms with Crippen LogP contribution in [0.4, 0.5) is 5.69 Å². The molecule has 0 bridgehead atoms. The first-order valence-corrected chi connectivity index (χ1v) is 7.37. The summed E-state index contributed by atoms with van der Waals surface area (Å²) in [5, 5.41) is 11.0. The summed E-state index contributed by atoms with van der Waals surface area (Å²) in [4.78, 5) is 12.4. The van der Waals surface area contributed by atoms with Crippen LogP contribution in [0.1, 0.15) is 13.3 Å². The number of rotatable bonds is 3. The van der Waals surface area contributed by atoms with Crippen LogP contribution < -0.4 is 10.6 Å². The topological polar surface area (TPSA) is 59.0 Å². The molecule has 21 heavy (non-hydrogen) atoms. The van der Waals surface area contributed by atoms with Crippen LogP contribution in [0.15, 0.2) is 36.7 Å². The third-order valence-corrected chi connectivity index (χ3v) is 4.02. The third-order valence-electron chi connectivity index (χ3n) is 3.78. The first-order chi connectivity index (χ1) is 10.1. The maximum atomic E-state index is 12.4. The number of hydrogen-bond donors (Lipinski definition) is 2. The van der Waals surface area contributed by atoms with Gasteiger partial charge in [0.2, 0.25) is 5.91 Å². The van der Waals surface area contributed by atoms with E-state index in [0.717, 1.165) is 18.7 Å². The van der Waals surface area contributed by atoms with Gasteiger partial charge in [-0.3, -0.25) is 4.79 Å². The molecule has 1 aliphatic rings. The van der Waals surface area contributed by atoms with Crippen LogP contribution in [-0.4, -0.2) is 28.3 Å². The van der Waals surface area contributed by atoms with E-state index in [0.29, 0.717) is 16.6 Å². The zero-order valence-corrected chi connectivity index (χ0v) is 12.5. The molecule has 2 atom stereocenters. The molecule has 1 aromatic carbocycles. The van der Waals surface area contributed by atoms with Gasteiger partial charge in [-0.15, -0.1) is 0 Å². The Morgan fingerprint density at radius 2 is 2.38 bits per heavy atom. The minimum absolute atomic E-state index is 0.0318. The zero-order valence-electron chi connectivity index (χ0n) is 11.7. The summed E-state index contributed by atoms with van der Waals surface area (Å²) in [6.07, 6.45) is 4.54. The molecule has 2 N–H and O–H groups in total. The van der Waals surface area contributed by atoms with Crippen LogP contribution in [0, 0.1) is 5.92 Å². The van der Waals surface area contributed by atoms with Gasteiger partial charge in [0, 0.05) is 17.4 Å². The third kappa shape index (κ3) is 2.94. The van der Waals surface area contributed by atoms with Crippen LogP contribution in [0.25, 0.3) is 5.69 Å². The van der Waals surface area contributed by atoms with E-state index in [2.05, 4.69) is 22.7 Å². The van der Waals surface area contributed by atoms with Gasteiger partial charge in [0.15, 0.2) is 0 Å². The number of aromatic nitrogens is 2. The molecular weight excluding hydrogens is 288 g/mol. The first kappa shape index (κ1) is 14.1. The SMILES string of the molecule is CC1CCNC1C(=O)Nc1cc(Cl)ccc1-n1cccn1. The summed E-state index contributed by atoms with van der Waals surface area (Å²) in [5.41, 5.74) is 1.46. The zero-order chi connectivity index (χ0) is 14.8. The number of carbonyl (C=O) groups is 1. The lowest BCUT2D eigenvalue weighted by molar-refractivity contribution is -0.118. The van der Waals surface area contributed by atoms with E-state index in [-0.39, 0.29) is 11.9 Å². The Kier molecular flexibility index (Phi) is 3.94. The molecule has 0 aliphatic carbocycles. The van der Waals surface area contributed by atoms with E-state index < -0.39 is 0 Å². The summed E-state index contributed by atoms with van der Waals surface area (Å²) in [5.74, 6) is 0.299. The second kappa shape index (κ2) is 5.87. The number of nitrogens with zero attached hydrogens (tertiary/aromatic N) is 2. The molecule has 5 nitrogen and oxygen atoms in total. The predicted molar refractivity (Wildman–Crippen MR) is 82.8 cm³/mol. The first-order valence-electron chi connectivity index (χ1n) is 6.99. The van der Waals surface area contributed by atoms with Gasteiger partial charge in [-0.25, -0.2) is 4.68 Å². The fourth-order valence-corrected chi connectivity index (χ4v) is 2.79. The number of halogens is 1. The van der Waals surface area contributed by atoms with Crippen molar-refractivity contribution < 1.29 is 4.79 Å². The highest BCUT2D eigenvalue weighted by Gasteiger charge is 2.29. The summed E-state index contributed by atoms with van der Waals surface area (Å²) in [7, 11) is 0. The fourth-order valence-electron chi connectivity index (χ4n) is 2.62. The number of anilines is 1. The highest BCUT2D eigenvalue weighted by atomic mass is 35.5. The van der Waals surface area contributed by atoms with Gasteiger partial charge in [-0.1, -0.05) is 18.5 Å². The Morgan fingerprint density at radius 1 is 1.52 bits per heavy atom. The van der Waals surface area contributed by atoms with Crippen LogP contribution in [0.2, 0.25) is 5.02 Å². The molecule has 2 heterocycles. The van der Waals surface area contributed by atoms with Crippen molar-refractivity contribution in [2.24, 2.45) is 5.92 Å². The Bertz CT molecular complexity index is 641. The Morgan fingerprint density at radius 3 is 3.05 bits per heavy atom. The van der Waals surface area contributed by atoms with E-state index in [1.165, 1.54) is 0 Å². The Hall–Kier alpha value is -1.85. The number of carbonyl (C=O) groups excluding carboxylic acids is 1. The summed E-state index contributed by atoms with van der Waals surface area (Å²) in [6.45, 7) is 2.96. The van der Waals surface area contributed by atoms with Gasteiger partial charge in [0.1, 0.15) is 0 Å². The maximum Gasteiger partial charge on any atom is 0.241 e. The fraction of sp³-hybridized carbons (Fsp3) is 0.333. The van der Waals surface area contributed by atoms with Crippen LogP contribution in [0.3, 0.4) is 0 Å². The molecule has 0 saturated carbocycles. The molecule has 1 saturated heterocycles. The van der Waals surface area contributed by atoms with Gasteiger partial charge >= 0.3 is 0 Å². The minimum atomic E-state index is -0.158. The van der Waals surface area contributed by atoms with Crippen LogP contribution >= 0.6 is 11.6 Å². The van der Waals surface area contributed by atoms with Gasteiger partial charge in [0.05, 0.1) is 17.4 Å². The molecule has 0 spiro atoms. The standard InChI is InChI=1S/C15H17ClN4O/c1-10-5-7-17-14(10)15(21)19-12-9-11(16)3-4-13(12)20-8-2-6-18-20/h2-4,6,8-10,14,17H,5,7H2,1H3,(H,19,21). The van der Waals surface area contributed by atoms with Crippen molar-refractivity contribution in [1.29, 1.82) is 0 Å². The highest BCUT2D eigenvalue weighted by Crippen LogP contribution is 2.25. The summed E-state index contributed by atoms with van der Waals surface area (Å²) in [6, 6.07) is 7.05. The monoisotopic (exact) mass is 304 g/mol. The largest absolute Gasteiger partial charge is 0.323 e. The van der Waals surface area contributed by atoms with Crippen molar-refractivity contribution >= 4 is 23.2 Å². The molecule has 1 amide bonds. The number of benzene rings is 1. The molecule has 3 rings (SSSR count). The molecule has 110 valence electrons. The van der Waals surface area contributed by atoms with E-state index >= 15 is 0 Å². The number of hydrogen-bond acceptors (Lipinski definition) is 3. The molecule has 6 heteroatoms. The van der Waals surface area contributed by atoms with Gasteiger partial charge in [0.25, 0.3) is 0 Å². The Balaban J connectivity index is 1.87. The number of nitrogens with one attached hydrogen (secondary N) is 2. The molecule has 0 radical (unpaired) electrons. The molecule has 2 unspecified atom stereocenters. The summed E-state index contributed by atoms with van der Waals surface area (Å²) >= 11 is 6.05. The normalized spacial score (nSPS) is 21.4. The van der Waals surface area contributed by atoms with Crippen LogP contribution in [0.5, 0.6) is 0 Å². The second-order valence-electron chi connectivity index (χ2n) is 5.30. The molecular formula is C15H17ClN4O. The average molecular weight is 305 g/mol. The lowest BCUT2D eigenvalue weighted by atomic mass is 10.0. The van der Waals surface area contributed by atoms with Gasteiger partial charge < -0.3 is 10.6 Å². The highest BCUT2D eigenvalue weighted by molar-refractivity contribution is 6.31. The molecule has 1 fully saturated rings. The molecule has 1 aliphatic heterocycles. The Labute approximate surface area is 128 Å². The minimum Gasteiger partial charge on any atom is -0.323 e. The maximum absolute atomic E-state index is 12.4. The lowest BCUT2D eigenvalue weighted by Crippen LogP contribution is -2.39. The number of amides is 1. The lowest BCUT2D eigenvalue weighted by Gasteiger charge is -2.17. The van der Waals surface area contributed by atoms with E-state index in [1.54, 1.807) is 23.0 Å². The van der Waals surface area contributed by atoms with Crippen molar-refractivity contribution in [2.45, 2.75) is 19.4 Å². The van der Waals surface area contributed by atoms with E-state index in [1.807, 2.05) is 18.3 Å². The quantitative estimate of drug-likeness (QED) is 0.916. The van der Waals surface area contributed by atoms with E-state index in [9.17, 15) is 4.79 Å². The van der Waals surface area contributed by atoms with E-state index in [4.69, 9.17) is 11.6 Å². The molecule has 1 aromatic heterocycles. The van der Waals surface area contributed by atoms with Crippen molar-refractivity contribution in [3.63, 3.8) is 0 Å². The summed E-state index contributed by atoms with van der Waals surface area (Å²) < 4.78 is 1.71.